The second kappa shape index (κ2) is 4.72. The van der Waals surface area contributed by atoms with Crippen molar-refractivity contribution in [3.63, 3.8) is 0 Å². The highest BCUT2D eigenvalue weighted by Gasteiger charge is 2.31. The van der Waals surface area contributed by atoms with Crippen LogP contribution >= 0.6 is 0 Å². The fraction of sp³-hybridized carbons (Fsp3) is 0.636. The summed E-state index contributed by atoms with van der Waals surface area (Å²) in [5.74, 6) is 0.777. The largest absolute Gasteiger partial charge is 0.311 e. The molecule has 100 valence electrons. The highest BCUT2D eigenvalue weighted by atomic mass is 32.2. The molecule has 0 aliphatic carbocycles. The maximum Gasteiger partial charge on any atom is 0.225 e. The van der Waals surface area contributed by atoms with E-state index in [-0.39, 0.29) is 23.5 Å². The van der Waals surface area contributed by atoms with Crippen molar-refractivity contribution in [3.8, 4) is 0 Å². The summed E-state index contributed by atoms with van der Waals surface area (Å²) in [5.41, 5.74) is 0.769. The quantitative estimate of drug-likeness (QED) is 0.885. The van der Waals surface area contributed by atoms with Crippen molar-refractivity contribution >= 4 is 21.6 Å². The molecule has 1 aliphatic heterocycles. The molecule has 18 heavy (non-hydrogen) atoms. The zero-order valence-electron chi connectivity index (χ0n) is 10.5. The lowest BCUT2D eigenvalue weighted by atomic mass is 10.3. The van der Waals surface area contributed by atoms with E-state index in [0.29, 0.717) is 18.7 Å². The predicted octanol–water partition coefficient (Wildman–Crippen LogP) is 0.900. The van der Waals surface area contributed by atoms with Gasteiger partial charge in [-0.3, -0.25) is 4.79 Å². The number of nitrogens with zero attached hydrogens (tertiary/aromatic N) is 2. The van der Waals surface area contributed by atoms with Gasteiger partial charge >= 0.3 is 0 Å². The number of hydrogen-bond donors (Lipinski definition) is 1. The summed E-state index contributed by atoms with van der Waals surface area (Å²) in [6, 6.07) is 1.59. The van der Waals surface area contributed by atoms with E-state index in [1.807, 2.05) is 6.92 Å². The number of sulfone groups is 1. The lowest BCUT2D eigenvalue weighted by Gasteiger charge is -2.13. The maximum absolute atomic E-state index is 11.5. The molecule has 6 nitrogen and oxygen atoms in total. The van der Waals surface area contributed by atoms with Crippen molar-refractivity contribution in [1.82, 2.24) is 9.78 Å². The topological polar surface area (TPSA) is 81.1 Å². The molecule has 1 saturated heterocycles. The molecular formula is C11H17N3O3S. The Morgan fingerprint density at radius 2 is 2.33 bits per heavy atom. The average molecular weight is 271 g/mol. The molecule has 1 fully saturated rings. The van der Waals surface area contributed by atoms with Crippen LogP contribution in [0.1, 0.15) is 31.5 Å². The van der Waals surface area contributed by atoms with Crippen LogP contribution in [0.2, 0.25) is 0 Å². The van der Waals surface area contributed by atoms with Gasteiger partial charge in [0, 0.05) is 12.5 Å². The Morgan fingerprint density at radius 1 is 1.61 bits per heavy atom. The molecular weight excluding hydrogens is 254 g/mol. The zero-order chi connectivity index (χ0) is 13.3. The molecule has 0 bridgehead atoms. The van der Waals surface area contributed by atoms with Crippen LogP contribution in [-0.2, 0) is 14.6 Å². The number of rotatable bonds is 3. The molecule has 1 aliphatic rings. The summed E-state index contributed by atoms with van der Waals surface area (Å²) < 4.78 is 24.6. The standard InChI is InChI=1S/C11H17N3O3S/c1-3-11(15)12-10-6-8(2)13-14(10)9-4-5-18(16,17)7-9/h6,9H,3-5,7H2,1-2H3,(H,12,15)/t9-/m1/s1. The van der Waals surface area contributed by atoms with E-state index >= 15 is 0 Å². The SMILES string of the molecule is CCC(=O)Nc1cc(C)nn1[C@@H]1CCS(=O)(=O)C1. The number of aryl methyl sites for hydroxylation is 1. The number of aromatic nitrogens is 2. The van der Waals surface area contributed by atoms with Gasteiger partial charge in [-0.25, -0.2) is 13.1 Å². The van der Waals surface area contributed by atoms with E-state index in [4.69, 9.17) is 0 Å². The number of carbonyl (C=O) groups is 1. The molecule has 1 aromatic heterocycles. The minimum Gasteiger partial charge on any atom is -0.311 e. The van der Waals surface area contributed by atoms with Gasteiger partial charge in [0.1, 0.15) is 5.82 Å². The molecule has 1 atom stereocenters. The van der Waals surface area contributed by atoms with Gasteiger partial charge in [0.15, 0.2) is 9.84 Å². The first-order valence-corrected chi connectivity index (χ1v) is 7.80. The second-order valence-corrected chi connectivity index (χ2v) is 6.80. The highest BCUT2D eigenvalue weighted by molar-refractivity contribution is 7.91. The zero-order valence-corrected chi connectivity index (χ0v) is 11.3. The lowest BCUT2D eigenvalue weighted by Crippen LogP contribution is -2.18. The van der Waals surface area contributed by atoms with Crippen LogP contribution in [-0.4, -0.2) is 35.6 Å². The van der Waals surface area contributed by atoms with Gasteiger partial charge in [-0.15, -0.1) is 0 Å². The van der Waals surface area contributed by atoms with E-state index in [0.717, 1.165) is 5.69 Å². The molecule has 0 unspecified atom stereocenters. The Hall–Kier alpha value is -1.37. The van der Waals surface area contributed by atoms with Crippen molar-refractivity contribution in [2.75, 3.05) is 16.8 Å². The molecule has 0 saturated carbocycles. The number of nitrogens with one attached hydrogen (secondary N) is 1. The Labute approximate surface area is 106 Å². The van der Waals surface area contributed by atoms with Gasteiger partial charge in [0.2, 0.25) is 5.91 Å². The van der Waals surface area contributed by atoms with Gasteiger partial charge in [0.25, 0.3) is 0 Å². The summed E-state index contributed by atoms with van der Waals surface area (Å²) in [6.07, 6.45) is 0.936. The van der Waals surface area contributed by atoms with Gasteiger partial charge < -0.3 is 5.32 Å². The lowest BCUT2D eigenvalue weighted by molar-refractivity contribution is -0.115. The molecule has 1 amide bonds. The van der Waals surface area contributed by atoms with Crippen LogP contribution in [0.4, 0.5) is 5.82 Å². The normalized spacial score (nSPS) is 22.0. The molecule has 0 radical (unpaired) electrons. The summed E-state index contributed by atoms with van der Waals surface area (Å²) in [5, 5.41) is 7.04. The first kappa shape index (κ1) is 13.1. The summed E-state index contributed by atoms with van der Waals surface area (Å²) in [7, 11) is -2.96. The van der Waals surface area contributed by atoms with Crippen LogP contribution < -0.4 is 5.32 Å². The van der Waals surface area contributed by atoms with Crippen LogP contribution in [0.25, 0.3) is 0 Å². The Kier molecular flexibility index (Phi) is 3.43. The van der Waals surface area contributed by atoms with Crippen LogP contribution in [0.3, 0.4) is 0 Å². The van der Waals surface area contributed by atoms with E-state index < -0.39 is 9.84 Å². The van der Waals surface area contributed by atoms with Crippen molar-refractivity contribution in [1.29, 1.82) is 0 Å². The molecule has 1 aromatic rings. The fourth-order valence-corrected chi connectivity index (χ4v) is 3.78. The first-order valence-electron chi connectivity index (χ1n) is 5.97. The summed E-state index contributed by atoms with van der Waals surface area (Å²) in [6.45, 7) is 3.59. The minimum absolute atomic E-state index is 0.1000. The molecule has 2 heterocycles. The van der Waals surface area contributed by atoms with Crippen LogP contribution in [0.5, 0.6) is 0 Å². The molecule has 1 N–H and O–H groups in total. The first-order chi connectivity index (χ1) is 8.41. The van der Waals surface area contributed by atoms with Crippen molar-refractivity contribution in [2.45, 2.75) is 32.7 Å². The third-order valence-corrected chi connectivity index (χ3v) is 4.75. The number of carbonyl (C=O) groups excluding carboxylic acids is 1. The highest BCUT2D eigenvalue weighted by Crippen LogP contribution is 2.27. The Morgan fingerprint density at radius 3 is 2.89 bits per heavy atom. The monoisotopic (exact) mass is 271 g/mol. The molecule has 0 aromatic carbocycles. The smallest absolute Gasteiger partial charge is 0.225 e. The summed E-state index contributed by atoms with van der Waals surface area (Å²) >= 11 is 0. The van der Waals surface area contributed by atoms with Crippen LogP contribution in [0, 0.1) is 6.92 Å². The number of anilines is 1. The molecule has 0 spiro atoms. The van der Waals surface area contributed by atoms with Crippen molar-refractivity contribution in [3.05, 3.63) is 11.8 Å². The molecule has 7 heteroatoms. The Balaban J connectivity index is 2.25. The average Bonchev–Trinajstić information content (AvgIpc) is 2.81. The third-order valence-electron chi connectivity index (χ3n) is 3.00. The summed E-state index contributed by atoms with van der Waals surface area (Å²) in [4.78, 5) is 11.4. The third kappa shape index (κ3) is 2.72. The van der Waals surface area contributed by atoms with Crippen LogP contribution in [0.15, 0.2) is 6.07 Å². The minimum atomic E-state index is -2.96. The van der Waals surface area contributed by atoms with E-state index in [2.05, 4.69) is 10.4 Å². The van der Waals surface area contributed by atoms with Gasteiger partial charge in [-0.2, -0.15) is 5.10 Å². The predicted molar refractivity (Wildman–Crippen MR) is 68.2 cm³/mol. The van der Waals surface area contributed by atoms with E-state index in [1.54, 1.807) is 17.7 Å². The van der Waals surface area contributed by atoms with E-state index in [1.165, 1.54) is 0 Å². The van der Waals surface area contributed by atoms with Crippen molar-refractivity contribution in [2.24, 2.45) is 0 Å². The van der Waals surface area contributed by atoms with Gasteiger partial charge in [-0.1, -0.05) is 6.92 Å². The number of hydrogen-bond acceptors (Lipinski definition) is 4. The van der Waals surface area contributed by atoms with E-state index in [9.17, 15) is 13.2 Å². The van der Waals surface area contributed by atoms with Crippen molar-refractivity contribution < 1.29 is 13.2 Å². The fourth-order valence-electron chi connectivity index (χ4n) is 2.09. The Bertz CT molecular complexity index is 562. The van der Waals surface area contributed by atoms with Gasteiger partial charge in [0.05, 0.1) is 23.2 Å². The van der Waals surface area contributed by atoms with Gasteiger partial charge in [-0.05, 0) is 13.3 Å². The number of amides is 1. The molecule has 2 rings (SSSR count). The second-order valence-electron chi connectivity index (χ2n) is 4.57. The maximum atomic E-state index is 11.5.